The van der Waals surface area contributed by atoms with E-state index in [4.69, 9.17) is 21.1 Å². The third-order valence-corrected chi connectivity index (χ3v) is 4.27. The van der Waals surface area contributed by atoms with Crippen LogP contribution in [0.4, 0.5) is 5.69 Å². The molecule has 1 N–H and O–H groups in total. The number of nitro groups is 1. The van der Waals surface area contributed by atoms with E-state index >= 15 is 0 Å². The minimum absolute atomic E-state index is 0.0185. The maximum atomic E-state index is 12.2. The average molecular weight is 389 g/mol. The van der Waals surface area contributed by atoms with Gasteiger partial charge in [-0.1, -0.05) is 23.7 Å². The maximum absolute atomic E-state index is 12.2. The number of rotatable bonds is 5. The topological polar surface area (TPSA) is 90.7 Å². The number of carbonyl (C=O) groups excluding carboxylic acids is 1. The fraction of sp³-hybridized carbons (Fsp3) is 0.211. The van der Waals surface area contributed by atoms with Crippen LogP contribution in [0.2, 0.25) is 5.02 Å². The van der Waals surface area contributed by atoms with Gasteiger partial charge in [0.15, 0.2) is 11.5 Å². The summed E-state index contributed by atoms with van der Waals surface area (Å²) in [5, 5.41) is 14.1. The molecule has 2 aromatic rings. The van der Waals surface area contributed by atoms with E-state index < -0.39 is 4.92 Å². The lowest BCUT2D eigenvalue weighted by Crippen LogP contribution is -2.24. The first-order valence-electron chi connectivity index (χ1n) is 8.26. The SMILES string of the molecule is CC(NC(=O)C=Cc1cc(Cl)c2c(c1)OCCO2)c1cccc([N+](=O)[O-])c1. The van der Waals surface area contributed by atoms with E-state index in [9.17, 15) is 14.9 Å². The predicted octanol–water partition coefficient (Wildman–Crippen LogP) is 3.91. The van der Waals surface area contributed by atoms with Crippen LogP contribution in [0.1, 0.15) is 24.1 Å². The standard InChI is InChI=1S/C19H17ClN2O5/c1-12(14-3-2-4-15(11-14)22(24)25)21-18(23)6-5-13-9-16(20)19-17(10-13)26-7-8-27-19/h2-6,9-12H,7-8H2,1H3,(H,21,23). The largest absolute Gasteiger partial charge is 0.486 e. The van der Waals surface area contributed by atoms with Gasteiger partial charge in [0.05, 0.1) is 16.0 Å². The Labute approximate surface area is 160 Å². The third kappa shape index (κ3) is 4.57. The van der Waals surface area contributed by atoms with Crippen LogP contribution < -0.4 is 14.8 Å². The number of amides is 1. The van der Waals surface area contributed by atoms with Crippen LogP contribution >= 0.6 is 11.6 Å². The van der Waals surface area contributed by atoms with Gasteiger partial charge in [-0.15, -0.1) is 0 Å². The van der Waals surface area contributed by atoms with Gasteiger partial charge in [-0.05, 0) is 36.3 Å². The highest BCUT2D eigenvalue weighted by molar-refractivity contribution is 6.32. The molecule has 1 aliphatic rings. The van der Waals surface area contributed by atoms with Gasteiger partial charge < -0.3 is 14.8 Å². The summed E-state index contributed by atoms with van der Waals surface area (Å²) in [6.45, 7) is 2.64. The lowest BCUT2D eigenvalue weighted by Gasteiger charge is -2.19. The molecule has 1 aliphatic heterocycles. The summed E-state index contributed by atoms with van der Waals surface area (Å²) < 4.78 is 11.0. The van der Waals surface area contributed by atoms with E-state index in [1.165, 1.54) is 18.2 Å². The molecule has 0 aromatic heterocycles. The summed E-state index contributed by atoms with van der Waals surface area (Å²) in [7, 11) is 0. The van der Waals surface area contributed by atoms with Gasteiger partial charge in [0.2, 0.25) is 5.91 Å². The Bertz CT molecular complexity index is 913. The summed E-state index contributed by atoms with van der Waals surface area (Å²) in [4.78, 5) is 22.6. The number of ether oxygens (including phenoxy) is 2. The maximum Gasteiger partial charge on any atom is 0.269 e. The highest BCUT2D eigenvalue weighted by Crippen LogP contribution is 2.38. The van der Waals surface area contributed by atoms with E-state index in [0.29, 0.717) is 40.9 Å². The van der Waals surface area contributed by atoms with E-state index in [1.807, 2.05) is 0 Å². The van der Waals surface area contributed by atoms with Crippen LogP contribution in [0.5, 0.6) is 11.5 Å². The van der Waals surface area contributed by atoms with Crippen molar-refractivity contribution >= 4 is 29.3 Å². The molecule has 1 amide bonds. The zero-order valence-electron chi connectivity index (χ0n) is 14.5. The summed E-state index contributed by atoms with van der Waals surface area (Å²) in [6.07, 6.45) is 2.98. The second-order valence-corrected chi connectivity index (χ2v) is 6.35. The molecule has 3 rings (SSSR count). The molecule has 0 saturated carbocycles. The van der Waals surface area contributed by atoms with Gasteiger partial charge in [-0.3, -0.25) is 14.9 Å². The zero-order valence-corrected chi connectivity index (χ0v) is 15.2. The van der Waals surface area contributed by atoms with Crippen LogP contribution in [0.3, 0.4) is 0 Å². The van der Waals surface area contributed by atoms with Gasteiger partial charge in [0, 0.05) is 18.2 Å². The third-order valence-electron chi connectivity index (χ3n) is 3.99. The van der Waals surface area contributed by atoms with Crippen molar-refractivity contribution in [2.24, 2.45) is 0 Å². The number of nitro benzene ring substituents is 1. The first-order chi connectivity index (χ1) is 12.9. The van der Waals surface area contributed by atoms with Crippen molar-refractivity contribution in [3.05, 3.63) is 68.7 Å². The molecule has 140 valence electrons. The number of hydrogen-bond acceptors (Lipinski definition) is 5. The van der Waals surface area contributed by atoms with Crippen molar-refractivity contribution in [1.82, 2.24) is 5.32 Å². The Morgan fingerprint density at radius 3 is 2.85 bits per heavy atom. The predicted molar refractivity (Wildman–Crippen MR) is 101 cm³/mol. The molecule has 7 nitrogen and oxygen atoms in total. The van der Waals surface area contributed by atoms with E-state index in [0.717, 1.165) is 0 Å². The quantitative estimate of drug-likeness (QED) is 0.476. The second-order valence-electron chi connectivity index (χ2n) is 5.94. The van der Waals surface area contributed by atoms with Crippen LogP contribution in [0.25, 0.3) is 6.08 Å². The van der Waals surface area contributed by atoms with Crippen molar-refractivity contribution in [1.29, 1.82) is 0 Å². The zero-order chi connectivity index (χ0) is 19.4. The normalized spacial score (nSPS) is 14.0. The number of benzene rings is 2. The summed E-state index contributed by atoms with van der Waals surface area (Å²) in [5.74, 6) is 0.711. The molecular formula is C19H17ClN2O5. The summed E-state index contributed by atoms with van der Waals surface area (Å²) in [5.41, 5.74) is 1.32. The van der Waals surface area contributed by atoms with Gasteiger partial charge in [0.25, 0.3) is 5.69 Å². The van der Waals surface area contributed by atoms with E-state index in [2.05, 4.69) is 5.32 Å². The van der Waals surface area contributed by atoms with Crippen molar-refractivity contribution < 1.29 is 19.2 Å². The Kier molecular flexibility index (Phi) is 5.61. The minimum Gasteiger partial charge on any atom is -0.486 e. The molecule has 8 heteroatoms. The van der Waals surface area contributed by atoms with Crippen molar-refractivity contribution in [3.8, 4) is 11.5 Å². The highest BCUT2D eigenvalue weighted by atomic mass is 35.5. The van der Waals surface area contributed by atoms with Crippen LogP contribution in [0.15, 0.2) is 42.5 Å². The van der Waals surface area contributed by atoms with Crippen LogP contribution in [0, 0.1) is 10.1 Å². The minimum atomic E-state index is -0.469. The molecule has 0 bridgehead atoms. The van der Waals surface area contributed by atoms with Crippen molar-refractivity contribution in [2.75, 3.05) is 13.2 Å². The molecule has 0 aliphatic carbocycles. The number of carbonyl (C=O) groups is 1. The smallest absolute Gasteiger partial charge is 0.269 e. The first-order valence-corrected chi connectivity index (χ1v) is 8.64. The van der Waals surface area contributed by atoms with Gasteiger partial charge >= 0.3 is 0 Å². The molecule has 0 saturated heterocycles. The lowest BCUT2D eigenvalue weighted by molar-refractivity contribution is -0.384. The molecule has 0 radical (unpaired) electrons. The second kappa shape index (κ2) is 8.09. The molecule has 27 heavy (non-hydrogen) atoms. The van der Waals surface area contributed by atoms with Gasteiger partial charge in [-0.25, -0.2) is 0 Å². The molecule has 0 fully saturated rings. The molecule has 0 spiro atoms. The first kappa shape index (κ1) is 18.7. The molecular weight excluding hydrogens is 372 g/mol. The number of non-ortho nitro benzene ring substituents is 1. The number of fused-ring (bicyclic) bond motifs is 1. The van der Waals surface area contributed by atoms with Crippen LogP contribution in [-0.2, 0) is 4.79 Å². The lowest BCUT2D eigenvalue weighted by atomic mass is 10.1. The Hall–Kier alpha value is -3.06. The average Bonchev–Trinajstić information content (AvgIpc) is 2.66. The molecule has 1 atom stereocenters. The number of hydrogen-bond donors (Lipinski definition) is 1. The molecule has 1 heterocycles. The van der Waals surface area contributed by atoms with E-state index in [1.54, 1.807) is 37.3 Å². The molecule has 2 aromatic carbocycles. The number of nitrogens with one attached hydrogen (secondary N) is 1. The Morgan fingerprint density at radius 1 is 1.30 bits per heavy atom. The van der Waals surface area contributed by atoms with Crippen LogP contribution in [-0.4, -0.2) is 24.0 Å². The molecule has 1 unspecified atom stereocenters. The monoisotopic (exact) mass is 388 g/mol. The van der Waals surface area contributed by atoms with Gasteiger partial charge in [0.1, 0.15) is 13.2 Å². The van der Waals surface area contributed by atoms with E-state index in [-0.39, 0.29) is 17.6 Å². The highest BCUT2D eigenvalue weighted by Gasteiger charge is 2.16. The fourth-order valence-electron chi connectivity index (χ4n) is 2.65. The van der Waals surface area contributed by atoms with Gasteiger partial charge in [-0.2, -0.15) is 0 Å². The van der Waals surface area contributed by atoms with Crippen molar-refractivity contribution in [3.63, 3.8) is 0 Å². The number of nitrogens with zero attached hydrogens (tertiary/aromatic N) is 1. The Balaban J connectivity index is 1.68. The Morgan fingerprint density at radius 2 is 2.07 bits per heavy atom. The number of halogens is 1. The van der Waals surface area contributed by atoms with Crippen molar-refractivity contribution in [2.45, 2.75) is 13.0 Å². The fourth-order valence-corrected chi connectivity index (χ4v) is 2.93. The summed E-state index contributed by atoms with van der Waals surface area (Å²) in [6, 6.07) is 9.20. The summed E-state index contributed by atoms with van der Waals surface area (Å²) >= 11 is 6.17.